The molecule has 1 saturated carbocycles. The van der Waals surface area contributed by atoms with Crippen LogP contribution in [-0.4, -0.2) is 47.6 Å². The van der Waals surface area contributed by atoms with Gasteiger partial charge in [-0.2, -0.15) is 4.98 Å². The molecular weight excluding hydrogens is 388 g/mol. The first-order chi connectivity index (χ1) is 15.2. The van der Waals surface area contributed by atoms with Crippen LogP contribution in [0, 0.1) is 6.92 Å². The first kappa shape index (κ1) is 20.1. The molecule has 31 heavy (non-hydrogen) atoms. The quantitative estimate of drug-likeness (QED) is 0.741. The number of nitrogens with one attached hydrogen (secondary N) is 2. The standard InChI is InChI=1S/C24H32N6O/c1-17-16-26-24(27-18-8-10-19(11-9-18)29-14-4-5-15-29)28-22(17)30(20-6-2-3-7-20)21-12-13-25-23(21)31/h8-11,16,20-21H,2-7,12-15H2,1H3,(H,25,31)(H,26,27,28). The molecule has 2 aliphatic heterocycles. The second-order valence-corrected chi connectivity index (χ2v) is 9.01. The number of nitrogens with zero attached hydrogens (tertiary/aromatic N) is 4. The second-order valence-electron chi connectivity index (χ2n) is 9.01. The van der Waals surface area contributed by atoms with Gasteiger partial charge in [0.25, 0.3) is 0 Å². The van der Waals surface area contributed by atoms with E-state index in [1.165, 1.54) is 31.4 Å². The largest absolute Gasteiger partial charge is 0.372 e. The molecule has 5 rings (SSSR count). The van der Waals surface area contributed by atoms with Crippen molar-refractivity contribution < 1.29 is 4.79 Å². The summed E-state index contributed by atoms with van der Waals surface area (Å²) in [5, 5.41) is 6.37. The third-order valence-corrected chi connectivity index (χ3v) is 6.86. The second kappa shape index (κ2) is 8.73. The lowest BCUT2D eigenvalue weighted by Gasteiger charge is -2.35. The van der Waals surface area contributed by atoms with Crippen LogP contribution >= 0.6 is 0 Å². The summed E-state index contributed by atoms with van der Waals surface area (Å²) in [5.74, 6) is 1.59. The maximum absolute atomic E-state index is 12.6. The predicted molar refractivity (Wildman–Crippen MR) is 124 cm³/mol. The van der Waals surface area contributed by atoms with E-state index in [4.69, 9.17) is 4.98 Å². The van der Waals surface area contributed by atoms with Gasteiger partial charge in [0, 0.05) is 48.8 Å². The number of hydrogen-bond acceptors (Lipinski definition) is 6. The lowest BCUT2D eigenvalue weighted by atomic mass is 10.1. The summed E-state index contributed by atoms with van der Waals surface area (Å²) in [5.41, 5.74) is 3.26. The number of hydrogen-bond donors (Lipinski definition) is 2. The summed E-state index contributed by atoms with van der Waals surface area (Å²) in [7, 11) is 0. The molecule has 2 aromatic rings. The number of carbonyl (C=O) groups excluding carboxylic acids is 1. The van der Waals surface area contributed by atoms with Crippen LogP contribution in [0.5, 0.6) is 0 Å². The predicted octanol–water partition coefficient (Wildman–Crippen LogP) is 3.77. The van der Waals surface area contributed by atoms with E-state index in [1.54, 1.807) is 0 Å². The summed E-state index contributed by atoms with van der Waals surface area (Å²) < 4.78 is 0. The van der Waals surface area contributed by atoms with Gasteiger partial charge >= 0.3 is 0 Å². The van der Waals surface area contributed by atoms with E-state index in [-0.39, 0.29) is 11.9 Å². The van der Waals surface area contributed by atoms with E-state index < -0.39 is 0 Å². The fraction of sp³-hybridized carbons (Fsp3) is 0.542. The van der Waals surface area contributed by atoms with E-state index in [0.717, 1.165) is 56.0 Å². The molecule has 164 valence electrons. The van der Waals surface area contributed by atoms with Gasteiger partial charge in [-0.15, -0.1) is 0 Å². The highest BCUT2D eigenvalue weighted by molar-refractivity contribution is 5.87. The molecule has 3 heterocycles. The van der Waals surface area contributed by atoms with Gasteiger partial charge in [0.1, 0.15) is 11.9 Å². The number of carbonyl (C=O) groups is 1. The highest BCUT2D eigenvalue weighted by Gasteiger charge is 2.37. The Kier molecular flexibility index (Phi) is 5.66. The lowest BCUT2D eigenvalue weighted by molar-refractivity contribution is -0.120. The zero-order valence-electron chi connectivity index (χ0n) is 18.3. The lowest BCUT2D eigenvalue weighted by Crippen LogP contribution is -2.47. The van der Waals surface area contributed by atoms with Gasteiger partial charge in [-0.3, -0.25) is 4.79 Å². The van der Waals surface area contributed by atoms with Crippen LogP contribution in [0.25, 0.3) is 0 Å². The van der Waals surface area contributed by atoms with Crippen LogP contribution in [0.3, 0.4) is 0 Å². The average Bonchev–Trinajstić information content (AvgIpc) is 3.55. The molecule has 1 aliphatic carbocycles. The van der Waals surface area contributed by atoms with Gasteiger partial charge in [0.05, 0.1) is 0 Å². The number of benzene rings is 1. The van der Waals surface area contributed by atoms with Gasteiger partial charge < -0.3 is 20.4 Å². The fourth-order valence-corrected chi connectivity index (χ4v) is 5.22. The van der Waals surface area contributed by atoms with Crippen molar-refractivity contribution in [3.8, 4) is 0 Å². The molecule has 0 spiro atoms. The van der Waals surface area contributed by atoms with Crippen LogP contribution in [0.4, 0.5) is 23.1 Å². The highest BCUT2D eigenvalue weighted by Crippen LogP contribution is 2.33. The normalized spacial score (nSPS) is 21.5. The van der Waals surface area contributed by atoms with Crippen LogP contribution in [0.1, 0.15) is 50.5 Å². The van der Waals surface area contributed by atoms with Crippen molar-refractivity contribution in [1.29, 1.82) is 0 Å². The van der Waals surface area contributed by atoms with Gasteiger partial charge in [0.2, 0.25) is 11.9 Å². The van der Waals surface area contributed by atoms with Crippen molar-refractivity contribution in [2.45, 2.75) is 64.0 Å². The van der Waals surface area contributed by atoms with Gasteiger partial charge in [0.15, 0.2) is 0 Å². The number of aromatic nitrogens is 2. The van der Waals surface area contributed by atoms with E-state index >= 15 is 0 Å². The molecule has 7 heteroatoms. The van der Waals surface area contributed by atoms with Crippen molar-refractivity contribution in [1.82, 2.24) is 15.3 Å². The molecule has 0 bridgehead atoms. The highest BCUT2D eigenvalue weighted by atomic mass is 16.2. The van der Waals surface area contributed by atoms with E-state index in [1.807, 2.05) is 13.1 Å². The average molecular weight is 421 g/mol. The molecule has 2 saturated heterocycles. The molecule has 0 radical (unpaired) electrons. The Morgan fingerprint density at radius 3 is 2.48 bits per heavy atom. The van der Waals surface area contributed by atoms with Crippen molar-refractivity contribution in [3.05, 3.63) is 36.0 Å². The Morgan fingerprint density at radius 2 is 1.81 bits per heavy atom. The first-order valence-corrected chi connectivity index (χ1v) is 11.7. The topological polar surface area (TPSA) is 73.4 Å². The van der Waals surface area contributed by atoms with Crippen molar-refractivity contribution >= 4 is 29.0 Å². The molecule has 1 amide bonds. The Balaban J connectivity index is 1.39. The smallest absolute Gasteiger partial charge is 0.242 e. The molecule has 1 aromatic carbocycles. The van der Waals surface area contributed by atoms with E-state index in [2.05, 4.69) is 49.7 Å². The Morgan fingerprint density at radius 1 is 1.06 bits per heavy atom. The molecule has 1 atom stereocenters. The van der Waals surface area contributed by atoms with Crippen LogP contribution in [-0.2, 0) is 4.79 Å². The minimum atomic E-state index is -0.135. The third-order valence-electron chi connectivity index (χ3n) is 6.86. The number of amides is 1. The summed E-state index contributed by atoms with van der Waals surface area (Å²) in [6.07, 6.45) is 9.93. The molecule has 7 nitrogen and oxygen atoms in total. The Labute approximate surface area is 184 Å². The fourth-order valence-electron chi connectivity index (χ4n) is 5.22. The third kappa shape index (κ3) is 4.18. The Bertz CT molecular complexity index is 918. The van der Waals surface area contributed by atoms with Crippen molar-refractivity contribution in [2.24, 2.45) is 0 Å². The Hall–Kier alpha value is -2.83. The van der Waals surface area contributed by atoms with E-state index in [9.17, 15) is 4.79 Å². The molecule has 3 aliphatic rings. The molecular formula is C24H32N6O. The monoisotopic (exact) mass is 420 g/mol. The first-order valence-electron chi connectivity index (χ1n) is 11.7. The van der Waals surface area contributed by atoms with Crippen molar-refractivity contribution in [3.63, 3.8) is 0 Å². The minimum Gasteiger partial charge on any atom is -0.372 e. The van der Waals surface area contributed by atoms with E-state index in [0.29, 0.717) is 12.0 Å². The van der Waals surface area contributed by atoms with Gasteiger partial charge in [-0.25, -0.2) is 4.98 Å². The van der Waals surface area contributed by atoms with Gasteiger partial charge in [-0.05, 0) is 63.3 Å². The van der Waals surface area contributed by atoms with Crippen LogP contribution in [0.2, 0.25) is 0 Å². The van der Waals surface area contributed by atoms with Crippen molar-refractivity contribution in [2.75, 3.05) is 34.8 Å². The summed E-state index contributed by atoms with van der Waals surface area (Å²) in [4.78, 5) is 26.7. The molecule has 1 aromatic heterocycles. The molecule has 1 unspecified atom stereocenters. The maximum Gasteiger partial charge on any atom is 0.242 e. The van der Waals surface area contributed by atoms with Crippen LogP contribution < -0.4 is 20.4 Å². The summed E-state index contributed by atoms with van der Waals surface area (Å²) in [6.45, 7) is 5.07. The van der Waals surface area contributed by atoms with Crippen LogP contribution in [0.15, 0.2) is 30.5 Å². The summed E-state index contributed by atoms with van der Waals surface area (Å²) >= 11 is 0. The number of anilines is 4. The summed E-state index contributed by atoms with van der Waals surface area (Å²) in [6, 6.07) is 8.75. The zero-order valence-corrected chi connectivity index (χ0v) is 18.3. The molecule has 2 N–H and O–H groups in total. The number of aryl methyl sites for hydroxylation is 1. The minimum absolute atomic E-state index is 0.122. The number of rotatable bonds is 6. The SMILES string of the molecule is Cc1cnc(Nc2ccc(N3CCCC3)cc2)nc1N(C1CCCC1)C1CCNC1=O. The van der Waals surface area contributed by atoms with Gasteiger partial charge in [-0.1, -0.05) is 12.8 Å². The maximum atomic E-state index is 12.6. The zero-order chi connectivity index (χ0) is 21.2. The molecule has 3 fully saturated rings.